The molecule has 0 fully saturated rings. The van der Waals surface area contributed by atoms with Crippen LogP contribution in [-0.4, -0.2) is 5.60 Å². The topological polar surface area (TPSA) is 9.23 Å². The summed E-state index contributed by atoms with van der Waals surface area (Å²) in [4.78, 5) is 0. The lowest BCUT2D eigenvalue weighted by Gasteiger charge is -2.29. The van der Waals surface area contributed by atoms with E-state index in [1.165, 1.54) is 0 Å². The van der Waals surface area contributed by atoms with E-state index >= 15 is 0 Å². The van der Waals surface area contributed by atoms with Crippen LogP contribution < -0.4 is 4.74 Å². The first-order valence-corrected chi connectivity index (χ1v) is 5.84. The van der Waals surface area contributed by atoms with E-state index in [1.54, 1.807) is 0 Å². The molecule has 0 amide bonds. The minimum absolute atomic E-state index is 0.00427. The van der Waals surface area contributed by atoms with Gasteiger partial charge in [0.05, 0.1) is 0 Å². The molecule has 0 N–H and O–H groups in total. The normalized spacial score (nSPS) is 17.3. The van der Waals surface area contributed by atoms with Crippen molar-refractivity contribution in [2.75, 3.05) is 0 Å². The van der Waals surface area contributed by atoms with Crippen LogP contribution in [0.25, 0.3) is 6.08 Å². The molecule has 0 atom stereocenters. The monoisotopic (exact) mass is 214 g/mol. The first kappa shape index (κ1) is 11.0. The molecule has 1 aromatic rings. The highest BCUT2D eigenvalue weighted by Gasteiger charge is 2.30. The average molecular weight is 214 g/mol. The van der Waals surface area contributed by atoms with Crippen molar-refractivity contribution in [1.29, 1.82) is 0 Å². The molecule has 0 radical (unpaired) electrons. The molecule has 84 valence electrons. The molecule has 0 heterocycles. The lowest BCUT2D eigenvalue weighted by molar-refractivity contribution is 0.0783. The standard InChI is InChI=1S/C15H18O/c1-3-13-7-9-14(10-8-13)16-15(4-2)11-5-6-12-15/h3,5-10H,1,4,11-12H2,2H3. The fraction of sp³-hybridized carbons (Fsp3) is 0.333. The van der Waals surface area contributed by atoms with Gasteiger partial charge in [0.25, 0.3) is 0 Å². The summed E-state index contributed by atoms with van der Waals surface area (Å²) in [5.74, 6) is 0.955. The molecule has 1 aliphatic carbocycles. The highest BCUT2D eigenvalue weighted by Crippen LogP contribution is 2.32. The van der Waals surface area contributed by atoms with Crippen LogP contribution in [0.15, 0.2) is 43.0 Å². The maximum absolute atomic E-state index is 6.11. The predicted molar refractivity (Wildman–Crippen MR) is 68.6 cm³/mol. The Balaban J connectivity index is 2.10. The summed E-state index contributed by atoms with van der Waals surface area (Å²) in [5, 5.41) is 0. The summed E-state index contributed by atoms with van der Waals surface area (Å²) in [6, 6.07) is 8.11. The second-order valence-corrected chi connectivity index (χ2v) is 4.29. The average Bonchev–Trinajstić information content (AvgIpc) is 2.79. The molecule has 0 spiro atoms. The highest BCUT2D eigenvalue weighted by atomic mass is 16.5. The molecule has 0 bridgehead atoms. The number of ether oxygens (including phenoxy) is 1. The van der Waals surface area contributed by atoms with Gasteiger partial charge in [0.15, 0.2) is 0 Å². The molecule has 0 unspecified atom stereocenters. The Hall–Kier alpha value is -1.50. The third-order valence-electron chi connectivity index (χ3n) is 3.24. The van der Waals surface area contributed by atoms with Gasteiger partial charge >= 0.3 is 0 Å². The fourth-order valence-electron chi connectivity index (χ4n) is 2.05. The van der Waals surface area contributed by atoms with E-state index in [-0.39, 0.29) is 5.60 Å². The quantitative estimate of drug-likeness (QED) is 0.682. The number of rotatable bonds is 4. The second kappa shape index (κ2) is 4.56. The zero-order valence-electron chi connectivity index (χ0n) is 9.78. The molecule has 1 nitrogen and oxygen atoms in total. The van der Waals surface area contributed by atoms with Crippen molar-refractivity contribution in [2.45, 2.75) is 31.8 Å². The van der Waals surface area contributed by atoms with Crippen LogP contribution in [0, 0.1) is 0 Å². The molecule has 0 aromatic heterocycles. The Morgan fingerprint density at radius 2 is 1.88 bits per heavy atom. The van der Waals surface area contributed by atoms with Gasteiger partial charge in [0.2, 0.25) is 0 Å². The number of hydrogen-bond donors (Lipinski definition) is 0. The first-order valence-electron chi connectivity index (χ1n) is 5.84. The molecule has 1 aliphatic rings. The van der Waals surface area contributed by atoms with Crippen molar-refractivity contribution in [3.8, 4) is 5.75 Å². The Bertz CT molecular complexity index is 378. The third kappa shape index (κ3) is 2.19. The Kier molecular flexibility index (Phi) is 3.14. The third-order valence-corrected chi connectivity index (χ3v) is 3.24. The van der Waals surface area contributed by atoms with Gasteiger partial charge in [-0.1, -0.05) is 43.9 Å². The SMILES string of the molecule is C=Cc1ccc(OC2(CC)CC=CC2)cc1. The van der Waals surface area contributed by atoms with Gasteiger partial charge in [-0.05, 0) is 24.1 Å². The molecule has 1 aromatic carbocycles. The first-order chi connectivity index (χ1) is 7.78. The van der Waals surface area contributed by atoms with Crippen LogP contribution in [0.4, 0.5) is 0 Å². The maximum atomic E-state index is 6.11. The summed E-state index contributed by atoms with van der Waals surface area (Å²) in [6.45, 7) is 5.93. The van der Waals surface area contributed by atoms with Gasteiger partial charge in [-0.25, -0.2) is 0 Å². The Morgan fingerprint density at radius 3 is 2.38 bits per heavy atom. The second-order valence-electron chi connectivity index (χ2n) is 4.29. The molecule has 0 aliphatic heterocycles. The summed E-state index contributed by atoms with van der Waals surface area (Å²) in [7, 11) is 0. The van der Waals surface area contributed by atoms with Gasteiger partial charge in [-0.2, -0.15) is 0 Å². The smallest absolute Gasteiger partial charge is 0.120 e. The maximum Gasteiger partial charge on any atom is 0.120 e. The molecule has 1 heteroatoms. The van der Waals surface area contributed by atoms with Crippen LogP contribution in [0.5, 0.6) is 5.75 Å². The molecular formula is C15H18O. The summed E-state index contributed by atoms with van der Waals surface area (Å²) in [6.07, 6.45) is 9.35. The van der Waals surface area contributed by atoms with E-state index in [4.69, 9.17) is 4.74 Å². The number of benzene rings is 1. The molecule has 2 rings (SSSR count). The van der Waals surface area contributed by atoms with E-state index in [9.17, 15) is 0 Å². The van der Waals surface area contributed by atoms with Gasteiger partial charge in [-0.3, -0.25) is 0 Å². The lowest BCUT2D eigenvalue weighted by atomic mass is 9.97. The van der Waals surface area contributed by atoms with Crippen molar-refractivity contribution >= 4 is 6.08 Å². The predicted octanol–water partition coefficient (Wildman–Crippen LogP) is 4.21. The fourth-order valence-corrected chi connectivity index (χ4v) is 2.05. The van der Waals surface area contributed by atoms with Crippen LogP contribution in [0.2, 0.25) is 0 Å². The highest BCUT2D eigenvalue weighted by molar-refractivity contribution is 5.48. The van der Waals surface area contributed by atoms with E-state index in [1.807, 2.05) is 30.3 Å². The van der Waals surface area contributed by atoms with Gasteiger partial charge in [0, 0.05) is 12.8 Å². The van der Waals surface area contributed by atoms with E-state index < -0.39 is 0 Å². The van der Waals surface area contributed by atoms with E-state index in [0.29, 0.717) is 0 Å². The molecule has 0 saturated heterocycles. The lowest BCUT2D eigenvalue weighted by Crippen LogP contribution is -2.31. The van der Waals surface area contributed by atoms with Gasteiger partial charge in [-0.15, -0.1) is 0 Å². The summed E-state index contributed by atoms with van der Waals surface area (Å²) < 4.78 is 6.11. The molecule has 16 heavy (non-hydrogen) atoms. The van der Waals surface area contributed by atoms with E-state index in [0.717, 1.165) is 30.6 Å². The molecular weight excluding hydrogens is 196 g/mol. The van der Waals surface area contributed by atoms with Crippen LogP contribution in [0.1, 0.15) is 31.7 Å². The van der Waals surface area contributed by atoms with Crippen LogP contribution in [-0.2, 0) is 0 Å². The van der Waals surface area contributed by atoms with Crippen LogP contribution in [0.3, 0.4) is 0 Å². The van der Waals surface area contributed by atoms with Crippen molar-refractivity contribution in [2.24, 2.45) is 0 Å². The van der Waals surface area contributed by atoms with Crippen molar-refractivity contribution in [3.63, 3.8) is 0 Å². The van der Waals surface area contributed by atoms with E-state index in [2.05, 4.69) is 25.7 Å². The van der Waals surface area contributed by atoms with Crippen LogP contribution >= 0.6 is 0 Å². The van der Waals surface area contributed by atoms with Gasteiger partial charge < -0.3 is 4.74 Å². The molecule has 0 saturated carbocycles. The van der Waals surface area contributed by atoms with Crippen molar-refractivity contribution in [3.05, 3.63) is 48.6 Å². The summed E-state index contributed by atoms with van der Waals surface area (Å²) >= 11 is 0. The summed E-state index contributed by atoms with van der Waals surface area (Å²) in [5.41, 5.74) is 1.12. The zero-order chi connectivity index (χ0) is 11.4. The Morgan fingerprint density at radius 1 is 1.25 bits per heavy atom. The zero-order valence-corrected chi connectivity index (χ0v) is 9.78. The van der Waals surface area contributed by atoms with Crippen molar-refractivity contribution < 1.29 is 4.74 Å². The minimum Gasteiger partial charge on any atom is -0.487 e. The Labute approximate surface area is 97.4 Å². The largest absolute Gasteiger partial charge is 0.487 e. The van der Waals surface area contributed by atoms with Crippen molar-refractivity contribution in [1.82, 2.24) is 0 Å². The minimum atomic E-state index is -0.00427. The number of hydrogen-bond acceptors (Lipinski definition) is 1. The van der Waals surface area contributed by atoms with Gasteiger partial charge in [0.1, 0.15) is 11.4 Å².